The second-order valence-electron chi connectivity index (χ2n) is 5.17. The number of benzene rings is 1. The minimum atomic E-state index is 0.763. The Bertz CT molecular complexity index is 538. The van der Waals surface area contributed by atoms with Crippen LogP contribution >= 0.6 is 0 Å². The third kappa shape index (κ3) is 2.80. The van der Waals surface area contributed by atoms with E-state index in [1.165, 1.54) is 11.1 Å². The van der Waals surface area contributed by atoms with E-state index in [4.69, 9.17) is 0 Å². The van der Waals surface area contributed by atoms with Gasteiger partial charge in [0.1, 0.15) is 0 Å². The summed E-state index contributed by atoms with van der Waals surface area (Å²) in [6.07, 6.45) is 2.16. The molecule has 0 radical (unpaired) electrons. The molecular formula is C16H20N4. The Hall–Kier alpha value is -1.94. The van der Waals surface area contributed by atoms with Gasteiger partial charge in [-0.1, -0.05) is 24.3 Å². The highest BCUT2D eigenvalue weighted by Crippen LogP contribution is 2.19. The Balaban J connectivity index is 1.73. The Morgan fingerprint density at radius 3 is 2.25 bits per heavy atom. The van der Waals surface area contributed by atoms with Crippen LogP contribution in [0.1, 0.15) is 16.8 Å². The molecule has 3 rings (SSSR count). The van der Waals surface area contributed by atoms with Gasteiger partial charge in [-0.05, 0) is 43.1 Å². The molecule has 0 fully saturated rings. The van der Waals surface area contributed by atoms with E-state index < -0.39 is 0 Å². The van der Waals surface area contributed by atoms with Crippen LogP contribution in [-0.2, 0) is 19.4 Å². The van der Waals surface area contributed by atoms with Gasteiger partial charge in [0.2, 0.25) is 0 Å². The van der Waals surface area contributed by atoms with Gasteiger partial charge in [-0.15, -0.1) is 5.10 Å². The van der Waals surface area contributed by atoms with Gasteiger partial charge in [0.25, 0.3) is 0 Å². The lowest BCUT2D eigenvalue weighted by atomic mass is 10.0. The van der Waals surface area contributed by atoms with Gasteiger partial charge >= 0.3 is 0 Å². The van der Waals surface area contributed by atoms with Crippen molar-refractivity contribution in [2.45, 2.75) is 19.4 Å². The number of anilines is 1. The van der Waals surface area contributed by atoms with Gasteiger partial charge in [-0.25, -0.2) is 0 Å². The zero-order chi connectivity index (χ0) is 13.8. The minimum Gasteiger partial charge on any atom is -0.354 e. The molecule has 2 heterocycles. The van der Waals surface area contributed by atoms with Crippen LogP contribution < -0.4 is 10.2 Å². The number of hydrogen-bond acceptors (Lipinski definition) is 4. The Morgan fingerprint density at radius 1 is 1.00 bits per heavy atom. The van der Waals surface area contributed by atoms with Crippen LogP contribution in [-0.4, -0.2) is 30.3 Å². The van der Waals surface area contributed by atoms with Gasteiger partial charge < -0.3 is 10.2 Å². The SMILES string of the molecule is CNCc1ccc(N2CCc3ccccc3CC2)nn1. The van der Waals surface area contributed by atoms with E-state index in [2.05, 4.69) is 56.8 Å². The van der Waals surface area contributed by atoms with Crippen molar-refractivity contribution in [3.8, 4) is 0 Å². The van der Waals surface area contributed by atoms with Crippen molar-refractivity contribution in [3.63, 3.8) is 0 Å². The van der Waals surface area contributed by atoms with E-state index in [1.807, 2.05) is 7.05 Å². The van der Waals surface area contributed by atoms with Crippen molar-refractivity contribution < 1.29 is 0 Å². The number of rotatable bonds is 3. The lowest BCUT2D eigenvalue weighted by Gasteiger charge is -2.20. The van der Waals surface area contributed by atoms with Crippen LogP contribution in [0.3, 0.4) is 0 Å². The number of fused-ring (bicyclic) bond motifs is 1. The van der Waals surface area contributed by atoms with Crippen molar-refractivity contribution in [2.75, 3.05) is 25.0 Å². The van der Waals surface area contributed by atoms with Crippen molar-refractivity contribution in [3.05, 3.63) is 53.2 Å². The van der Waals surface area contributed by atoms with E-state index in [-0.39, 0.29) is 0 Å². The standard InChI is InChI=1S/C16H20N4/c1-17-12-15-6-7-16(19-18-15)20-10-8-13-4-2-3-5-14(13)9-11-20/h2-7,17H,8-12H2,1H3. The second kappa shape index (κ2) is 6.01. The predicted octanol–water partition coefficient (Wildman–Crippen LogP) is 1.80. The molecule has 0 bridgehead atoms. The summed E-state index contributed by atoms with van der Waals surface area (Å²) in [4.78, 5) is 2.33. The highest BCUT2D eigenvalue weighted by Gasteiger charge is 2.15. The van der Waals surface area contributed by atoms with Crippen LogP contribution in [0.2, 0.25) is 0 Å². The molecule has 104 valence electrons. The van der Waals surface area contributed by atoms with Crippen molar-refractivity contribution in [1.82, 2.24) is 15.5 Å². The number of nitrogens with zero attached hydrogens (tertiary/aromatic N) is 3. The Morgan fingerprint density at radius 2 is 1.70 bits per heavy atom. The number of aromatic nitrogens is 2. The molecule has 0 aliphatic carbocycles. The van der Waals surface area contributed by atoms with E-state index >= 15 is 0 Å². The molecule has 0 saturated carbocycles. The fourth-order valence-electron chi connectivity index (χ4n) is 2.69. The molecule has 0 saturated heterocycles. The van der Waals surface area contributed by atoms with Crippen LogP contribution in [0, 0.1) is 0 Å². The Labute approximate surface area is 119 Å². The zero-order valence-corrected chi connectivity index (χ0v) is 11.8. The van der Waals surface area contributed by atoms with Crippen molar-refractivity contribution in [2.24, 2.45) is 0 Å². The molecule has 1 aliphatic rings. The summed E-state index contributed by atoms with van der Waals surface area (Å²) in [5, 5.41) is 11.7. The highest BCUT2D eigenvalue weighted by atomic mass is 15.3. The van der Waals surface area contributed by atoms with E-state index in [1.54, 1.807) is 0 Å². The molecular weight excluding hydrogens is 248 g/mol. The normalized spacial score (nSPS) is 14.8. The molecule has 0 amide bonds. The third-order valence-electron chi connectivity index (χ3n) is 3.81. The van der Waals surface area contributed by atoms with Gasteiger partial charge in [-0.2, -0.15) is 5.10 Å². The highest BCUT2D eigenvalue weighted by molar-refractivity contribution is 5.40. The molecule has 20 heavy (non-hydrogen) atoms. The zero-order valence-electron chi connectivity index (χ0n) is 11.8. The maximum atomic E-state index is 4.36. The molecule has 0 spiro atoms. The summed E-state index contributed by atoms with van der Waals surface area (Å²) >= 11 is 0. The molecule has 0 unspecified atom stereocenters. The van der Waals surface area contributed by atoms with Gasteiger partial charge in [0.05, 0.1) is 5.69 Å². The van der Waals surface area contributed by atoms with Gasteiger partial charge in [0.15, 0.2) is 5.82 Å². The monoisotopic (exact) mass is 268 g/mol. The summed E-state index contributed by atoms with van der Waals surface area (Å²) in [6.45, 7) is 2.78. The molecule has 1 aliphatic heterocycles. The fourth-order valence-corrected chi connectivity index (χ4v) is 2.69. The molecule has 1 N–H and O–H groups in total. The van der Waals surface area contributed by atoms with Crippen molar-refractivity contribution in [1.29, 1.82) is 0 Å². The van der Waals surface area contributed by atoms with Crippen LogP contribution in [0.4, 0.5) is 5.82 Å². The first kappa shape index (κ1) is 13.1. The van der Waals surface area contributed by atoms with Crippen LogP contribution in [0.5, 0.6) is 0 Å². The first-order valence-electron chi connectivity index (χ1n) is 7.16. The minimum absolute atomic E-state index is 0.763. The average molecular weight is 268 g/mol. The molecule has 1 aromatic carbocycles. The summed E-state index contributed by atoms with van der Waals surface area (Å²) in [6, 6.07) is 12.9. The molecule has 2 aromatic rings. The summed E-state index contributed by atoms with van der Waals surface area (Å²) in [7, 11) is 1.92. The first-order chi connectivity index (χ1) is 9.86. The molecule has 4 heteroatoms. The topological polar surface area (TPSA) is 41.0 Å². The van der Waals surface area contributed by atoms with Crippen LogP contribution in [0.25, 0.3) is 0 Å². The summed E-state index contributed by atoms with van der Waals surface area (Å²) < 4.78 is 0. The average Bonchev–Trinajstić information content (AvgIpc) is 2.71. The van der Waals surface area contributed by atoms with E-state index in [0.717, 1.165) is 44.0 Å². The maximum Gasteiger partial charge on any atom is 0.151 e. The first-order valence-corrected chi connectivity index (χ1v) is 7.16. The Kier molecular flexibility index (Phi) is 3.92. The van der Waals surface area contributed by atoms with E-state index in [9.17, 15) is 0 Å². The predicted molar refractivity (Wildman–Crippen MR) is 80.9 cm³/mol. The van der Waals surface area contributed by atoms with E-state index in [0.29, 0.717) is 0 Å². The quantitative estimate of drug-likeness (QED) is 0.921. The molecule has 0 atom stereocenters. The van der Waals surface area contributed by atoms with Gasteiger partial charge in [0, 0.05) is 19.6 Å². The fraction of sp³-hybridized carbons (Fsp3) is 0.375. The lowest BCUT2D eigenvalue weighted by Crippen LogP contribution is -2.27. The largest absolute Gasteiger partial charge is 0.354 e. The number of hydrogen-bond donors (Lipinski definition) is 1. The number of nitrogens with one attached hydrogen (secondary N) is 1. The summed E-state index contributed by atoms with van der Waals surface area (Å²) in [5.74, 6) is 0.984. The van der Waals surface area contributed by atoms with Crippen LogP contribution in [0.15, 0.2) is 36.4 Å². The molecule has 1 aromatic heterocycles. The van der Waals surface area contributed by atoms with Crippen molar-refractivity contribution >= 4 is 5.82 Å². The smallest absolute Gasteiger partial charge is 0.151 e. The second-order valence-corrected chi connectivity index (χ2v) is 5.17. The third-order valence-corrected chi connectivity index (χ3v) is 3.81. The molecule has 4 nitrogen and oxygen atoms in total. The summed E-state index contributed by atoms with van der Waals surface area (Å²) in [5.41, 5.74) is 3.92. The maximum absolute atomic E-state index is 4.36. The lowest BCUT2D eigenvalue weighted by molar-refractivity contribution is 0.742. The van der Waals surface area contributed by atoms with Gasteiger partial charge in [-0.3, -0.25) is 0 Å².